The average Bonchev–Trinajstić information content (AvgIpc) is 2.48. The smallest absolute Gasteiger partial charge is 0.225 e. The summed E-state index contributed by atoms with van der Waals surface area (Å²) in [5, 5.41) is 3.40. The van der Waals surface area contributed by atoms with Crippen LogP contribution in [0.15, 0.2) is 0 Å². The molecule has 3 nitrogen and oxygen atoms in total. The van der Waals surface area contributed by atoms with Crippen molar-refractivity contribution in [2.24, 2.45) is 11.1 Å². The number of hydrogen-bond acceptors (Lipinski definition) is 2. The van der Waals surface area contributed by atoms with E-state index in [4.69, 9.17) is 5.73 Å². The Balaban J connectivity index is 2.23. The van der Waals surface area contributed by atoms with Crippen LogP contribution in [-0.4, -0.2) is 18.5 Å². The van der Waals surface area contributed by atoms with Crippen LogP contribution < -0.4 is 11.1 Å². The minimum absolute atomic E-state index is 0.0859. The van der Waals surface area contributed by atoms with E-state index in [1.54, 1.807) is 0 Å². The standard InChI is InChI=1S/C9H16N2O/c10-8(12)9-4-1-3-7(9)11-6-2-5-9/h7,11H,1-6H2,(H2,10,12). The van der Waals surface area contributed by atoms with Crippen LogP contribution in [0.4, 0.5) is 0 Å². The number of nitrogens with one attached hydrogen (secondary N) is 1. The molecule has 0 spiro atoms. The summed E-state index contributed by atoms with van der Waals surface area (Å²) in [4.78, 5) is 11.3. The second-order valence-electron chi connectivity index (χ2n) is 4.02. The maximum Gasteiger partial charge on any atom is 0.225 e. The first-order valence-electron chi connectivity index (χ1n) is 4.79. The van der Waals surface area contributed by atoms with E-state index in [9.17, 15) is 4.79 Å². The van der Waals surface area contributed by atoms with Crippen LogP contribution in [-0.2, 0) is 4.79 Å². The second-order valence-corrected chi connectivity index (χ2v) is 4.02. The first kappa shape index (κ1) is 8.05. The van der Waals surface area contributed by atoms with Gasteiger partial charge in [0.05, 0.1) is 5.41 Å². The normalized spacial score (nSPS) is 40.8. The summed E-state index contributed by atoms with van der Waals surface area (Å²) in [7, 11) is 0. The topological polar surface area (TPSA) is 55.1 Å². The number of carbonyl (C=O) groups is 1. The number of rotatable bonds is 1. The highest BCUT2D eigenvalue weighted by molar-refractivity contribution is 5.82. The Kier molecular flexibility index (Phi) is 1.83. The van der Waals surface area contributed by atoms with Gasteiger partial charge in [-0.1, -0.05) is 6.42 Å². The molecule has 1 saturated carbocycles. The summed E-state index contributed by atoms with van der Waals surface area (Å²) in [6, 6.07) is 0.378. The van der Waals surface area contributed by atoms with Crippen LogP contribution in [0.1, 0.15) is 32.1 Å². The third-order valence-corrected chi connectivity index (χ3v) is 3.46. The van der Waals surface area contributed by atoms with Crippen LogP contribution >= 0.6 is 0 Å². The fourth-order valence-electron chi connectivity index (χ4n) is 2.77. The maximum absolute atomic E-state index is 11.3. The van der Waals surface area contributed by atoms with Gasteiger partial charge in [-0.15, -0.1) is 0 Å². The predicted octanol–water partition coefficient (Wildman–Crippen LogP) is 0.394. The highest BCUT2D eigenvalue weighted by atomic mass is 16.1. The van der Waals surface area contributed by atoms with Crippen molar-refractivity contribution in [1.29, 1.82) is 0 Å². The number of fused-ring (bicyclic) bond motifs is 1. The van der Waals surface area contributed by atoms with Crippen molar-refractivity contribution in [3.63, 3.8) is 0 Å². The van der Waals surface area contributed by atoms with Crippen molar-refractivity contribution in [3.8, 4) is 0 Å². The van der Waals surface area contributed by atoms with Crippen molar-refractivity contribution in [1.82, 2.24) is 5.32 Å². The molecule has 12 heavy (non-hydrogen) atoms. The molecule has 1 aliphatic heterocycles. The number of piperidine rings is 1. The fraction of sp³-hybridized carbons (Fsp3) is 0.889. The molecule has 2 atom stereocenters. The molecular formula is C9H16N2O. The third kappa shape index (κ3) is 0.959. The molecule has 68 valence electrons. The molecule has 1 saturated heterocycles. The van der Waals surface area contributed by atoms with Gasteiger partial charge in [-0.3, -0.25) is 4.79 Å². The largest absolute Gasteiger partial charge is 0.369 e. The van der Waals surface area contributed by atoms with Crippen LogP contribution in [0.2, 0.25) is 0 Å². The van der Waals surface area contributed by atoms with E-state index in [0.29, 0.717) is 6.04 Å². The Morgan fingerprint density at radius 2 is 2.17 bits per heavy atom. The van der Waals surface area contributed by atoms with Crippen molar-refractivity contribution in [3.05, 3.63) is 0 Å². The lowest BCUT2D eigenvalue weighted by Gasteiger charge is -2.37. The Bertz CT molecular complexity index is 205. The van der Waals surface area contributed by atoms with Gasteiger partial charge in [-0.05, 0) is 32.2 Å². The van der Waals surface area contributed by atoms with E-state index in [1.807, 2.05) is 0 Å². The molecule has 1 heterocycles. The Hall–Kier alpha value is -0.570. The molecule has 1 amide bonds. The Morgan fingerprint density at radius 1 is 1.42 bits per heavy atom. The summed E-state index contributed by atoms with van der Waals surface area (Å²) >= 11 is 0. The fourth-order valence-corrected chi connectivity index (χ4v) is 2.77. The van der Waals surface area contributed by atoms with Gasteiger partial charge in [0.15, 0.2) is 0 Å². The summed E-state index contributed by atoms with van der Waals surface area (Å²) in [6.45, 7) is 1.06. The SMILES string of the molecule is NC(=O)C12CCCNC1CCC2. The monoisotopic (exact) mass is 168 g/mol. The van der Waals surface area contributed by atoms with Crippen molar-refractivity contribution in [2.45, 2.75) is 38.1 Å². The van der Waals surface area contributed by atoms with Crippen LogP contribution in [0.3, 0.4) is 0 Å². The highest BCUT2D eigenvalue weighted by Gasteiger charge is 2.48. The molecule has 0 radical (unpaired) electrons. The van der Waals surface area contributed by atoms with E-state index in [2.05, 4.69) is 5.32 Å². The minimum atomic E-state index is -0.182. The summed E-state index contributed by atoms with van der Waals surface area (Å²) in [5.41, 5.74) is 5.28. The van der Waals surface area contributed by atoms with Gasteiger partial charge >= 0.3 is 0 Å². The zero-order valence-electron chi connectivity index (χ0n) is 7.31. The molecule has 1 aliphatic carbocycles. The van der Waals surface area contributed by atoms with E-state index < -0.39 is 0 Å². The minimum Gasteiger partial charge on any atom is -0.369 e. The molecule has 0 aromatic heterocycles. The van der Waals surface area contributed by atoms with Gasteiger partial charge in [0.25, 0.3) is 0 Å². The molecule has 2 unspecified atom stereocenters. The van der Waals surface area contributed by atoms with Gasteiger partial charge in [0.2, 0.25) is 5.91 Å². The number of amides is 1. The number of carbonyl (C=O) groups excluding carboxylic acids is 1. The van der Waals surface area contributed by atoms with E-state index in [-0.39, 0.29) is 11.3 Å². The van der Waals surface area contributed by atoms with E-state index in [0.717, 1.165) is 38.6 Å². The molecule has 0 aromatic carbocycles. The number of hydrogen-bond donors (Lipinski definition) is 2. The molecule has 3 heteroatoms. The number of primary amides is 1. The highest BCUT2D eigenvalue weighted by Crippen LogP contribution is 2.43. The summed E-state index contributed by atoms with van der Waals surface area (Å²) < 4.78 is 0. The van der Waals surface area contributed by atoms with Crippen LogP contribution in [0.5, 0.6) is 0 Å². The van der Waals surface area contributed by atoms with Gasteiger partial charge < -0.3 is 11.1 Å². The molecular weight excluding hydrogens is 152 g/mol. The zero-order valence-corrected chi connectivity index (χ0v) is 7.31. The number of nitrogens with two attached hydrogens (primary N) is 1. The zero-order chi connectivity index (χ0) is 8.60. The summed E-state index contributed by atoms with van der Waals surface area (Å²) in [6.07, 6.45) is 5.38. The average molecular weight is 168 g/mol. The van der Waals surface area contributed by atoms with E-state index >= 15 is 0 Å². The molecule has 0 bridgehead atoms. The first-order valence-corrected chi connectivity index (χ1v) is 4.79. The molecule has 0 aromatic rings. The lowest BCUT2D eigenvalue weighted by atomic mass is 9.75. The first-order chi connectivity index (χ1) is 5.76. The summed E-state index contributed by atoms with van der Waals surface area (Å²) in [5.74, 6) is -0.0859. The predicted molar refractivity (Wildman–Crippen MR) is 46.5 cm³/mol. The second kappa shape index (κ2) is 2.73. The lowest BCUT2D eigenvalue weighted by Crippen LogP contribution is -2.53. The van der Waals surface area contributed by atoms with E-state index in [1.165, 1.54) is 0 Å². The van der Waals surface area contributed by atoms with Crippen molar-refractivity contribution in [2.75, 3.05) is 6.54 Å². The third-order valence-electron chi connectivity index (χ3n) is 3.46. The van der Waals surface area contributed by atoms with Gasteiger partial charge in [0.1, 0.15) is 0 Å². The Labute approximate surface area is 72.7 Å². The van der Waals surface area contributed by atoms with Gasteiger partial charge in [-0.2, -0.15) is 0 Å². The van der Waals surface area contributed by atoms with Crippen LogP contribution in [0.25, 0.3) is 0 Å². The molecule has 2 fully saturated rings. The maximum atomic E-state index is 11.3. The molecule has 3 N–H and O–H groups in total. The van der Waals surface area contributed by atoms with Gasteiger partial charge in [0, 0.05) is 6.04 Å². The molecule has 2 rings (SSSR count). The van der Waals surface area contributed by atoms with Crippen molar-refractivity contribution < 1.29 is 4.79 Å². The quantitative estimate of drug-likeness (QED) is 0.595. The Morgan fingerprint density at radius 3 is 2.83 bits per heavy atom. The van der Waals surface area contributed by atoms with Crippen molar-refractivity contribution >= 4 is 5.91 Å². The van der Waals surface area contributed by atoms with Crippen LogP contribution in [0, 0.1) is 5.41 Å². The lowest BCUT2D eigenvalue weighted by molar-refractivity contribution is -0.129. The molecule has 2 aliphatic rings. The van der Waals surface area contributed by atoms with Gasteiger partial charge in [-0.25, -0.2) is 0 Å².